The molecule has 2 aromatic carbocycles. The lowest BCUT2D eigenvalue weighted by atomic mass is 9.97. The summed E-state index contributed by atoms with van der Waals surface area (Å²) < 4.78 is 29.1. The van der Waals surface area contributed by atoms with E-state index >= 15 is 0 Å². The van der Waals surface area contributed by atoms with Gasteiger partial charge in [-0.1, -0.05) is 98.1 Å². The Morgan fingerprint density at radius 1 is 0.912 bits per heavy atom. The molecule has 1 N–H and O–H groups in total. The third kappa shape index (κ3) is 8.69. The second-order valence-corrected chi connectivity index (χ2v) is 10.8. The van der Waals surface area contributed by atoms with Crippen LogP contribution in [0.3, 0.4) is 0 Å². The van der Waals surface area contributed by atoms with Crippen molar-refractivity contribution in [1.29, 1.82) is 0 Å². The molecule has 0 aliphatic heterocycles. The Hall–Kier alpha value is -2.51. The summed E-state index contributed by atoms with van der Waals surface area (Å²) in [6.07, 6.45) is 9.96. The zero-order valence-electron chi connectivity index (χ0n) is 20.0. The molecular weight excluding hydrogens is 448 g/mol. The summed E-state index contributed by atoms with van der Waals surface area (Å²) in [7, 11) is -3.73. The zero-order chi connectivity index (χ0) is 24.2. The van der Waals surface area contributed by atoms with Gasteiger partial charge in [-0.25, -0.2) is 17.9 Å². The normalized spacial score (nSPS) is 19.7. The van der Waals surface area contributed by atoms with E-state index < -0.39 is 22.0 Å². The molecule has 1 atom stereocenters. The van der Waals surface area contributed by atoms with Gasteiger partial charge in [-0.15, -0.1) is 0 Å². The van der Waals surface area contributed by atoms with Crippen molar-refractivity contribution < 1.29 is 18.0 Å². The molecule has 1 aliphatic rings. The maximum absolute atomic E-state index is 13.1. The molecule has 1 aliphatic carbocycles. The predicted octanol–water partition coefficient (Wildman–Crippen LogP) is 5.70. The van der Waals surface area contributed by atoms with E-state index in [4.69, 9.17) is 4.84 Å². The van der Waals surface area contributed by atoms with Crippen LogP contribution in [0.2, 0.25) is 0 Å². The number of carbonyl (C=O) groups is 1. The summed E-state index contributed by atoms with van der Waals surface area (Å²) in [6, 6.07) is 15.7. The highest BCUT2D eigenvalue weighted by atomic mass is 32.2. The summed E-state index contributed by atoms with van der Waals surface area (Å²) in [5.74, 6) is -0.454. The first kappa shape index (κ1) is 26.1. The third-order valence-electron chi connectivity index (χ3n) is 6.16. The Kier molecular flexibility index (Phi) is 10.3. The van der Waals surface area contributed by atoms with Gasteiger partial charge >= 0.3 is 5.97 Å². The molecule has 1 saturated carbocycles. The maximum atomic E-state index is 13.1. The van der Waals surface area contributed by atoms with Gasteiger partial charge < -0.3 is 4.84 Å². The quantitative estimate of drug-likeness (QED) is 0.421. The predicted molar refractivity (Wildman–Crippen MR) is 135 cm³/mol. The van der Waals surface area contributed by atoms with Gasteiger partial charge in [-0.05, 0) is 43.9 Å². The van der Waals surface area contributed by atoms with Crippen LogP contribution < -0.4 is 4.72 Å². The molecule has 3 rings (SSSR count). The van der Waals surface area contributed by atoms with Gasteiger partial charge in [0, 0.05) is 0 Å². The van der Waals surface area contributed by atoms with Crippen molar-refractivity contribution in [2.45, 2.75) is 88.5 Å². The molecule has 184 valence electrons. The number of carbonyl (C=O) groups excluding carboxylic acids is 1. The second kappa shape index (κ2) is 13.4. The van der Waals surface area contributed by atoms with Crippen molar-refractivity contribution in [3.05, 3.63) is 65.7 Å². The lowest BCUT2D eigenvalue weighted by Crippen LogP contribution is -2.41. The van der Waals surface area contributed by atoms with Crippen LogP contribution in [-0.2, 0) is 26.1 Å². The molecule has 1 fully saturated rings. The van der Waals surface area contributed by atoms with Crippen molar-refractivity contribution in [3.63, 3.8) is 0 Å². The van der Waals surface area contributed by atoms with E-state index in [9.17, 15) is 13.2 Å². The van der Waals surface area contributed by atoms with E-state index in [1.54, 1.807) is 24.3 Å². The van der Waals surface area contributed by atoms with Gasteiger partial charge in [0.25, 0.3) is 0 Å². The molecule has 1 unspecified atom stereocenters. The number of oxime groups is 1. The number of sulfonamides is 1. The molecule has 0 aromatic heterocycles. The average Bonchev–Trinajstić information content (AvgIpc) is 2.81. The van der Waals surface area contributed by atoms with E-state index in [-0.39, 0.29) is 11.3 Å². The minimum absolute atomic E-state index is 0.122. The fourth-order valence-electron chi connectivity index (χ4n) is 4.17. The first-order chi connectivity index (χ1) is 16.4. The first-order valence-corrected chi connectivity index (χ1v) is 13.8. The van der Waals surface area contributed by atoms with Crippen LogP contribution in [0, 0.1) is 6.92 Å². The summed E-state index contributed by atoms with van der Waals surface area (Å²) in [5, 5.41) is 4.22. The molecular formula is C27H36N2O4S. The van der Waals surface area contributed by atoms with Crippen molar-refractivity contribution >= 4 is 21.7 Å². The van der Waals surface area contributed by atoms with Gasteiger partial charge in [0.05, 0.1) is 23.1 Å². The number of nitrogens with zero attached hydrogens (tertiary/aromatic N) is 1. The fourth-order valence-corrected chi connectivity index (χ4v) is 5.43. The Morgan fingerprint density at radius 3 is 2.21 bits per heavy atom. The van der Waals surface area contributed by atoms with E-state index in [2.05, 4.69) is 9.88 Å². The molecule has 7 heteroatoms. The van der Waals surface area contributed by atoms with Crippen LogP contribution in [-0.4, -0.2) is 26.1 Å². The number of benzene rings is 2. The number of hydrogen-bond acceptors (Lipinski definition) is 5. The zero-order valence-corrected chi connectivity index (χ0v) is 20.9. The van der Waals surface area contributed by atoms with Crippen molar-refractivity contribution in [1.82, 2.24) is 4.72 Å². The summed E-state index contributed by atoms with van der Waals surface area (Å²) in [5.41, 5.74) is 2.44. The molecule has 0 bridgehead atoms. The first-order valence-electron chi connectivity index (χ1n) is 12.3. The number of nitrogens with one attached hydrogen (secondary N) is 1. The summed E-state index contributed by atoms with van der Waals surface area (Å²) >= 11 is 0. The smallest absolute Gasteiger partial charge is 0.318 e. The lowest BCUT2D eigenvalue weighted by molar-refractivity contribution is -0.142. The summed E-state index contributed by atoms with van der Waals surface area (Å²) in [6.45, 7) is 1.92. The van der Waals surface area contributed by atoms with Crippen LogP contribution in [0.1, 0.15) is 75.3 Å². The van der Waals surface area contributed by atoms with E-state index in [0.29, 0.717) is 18.6 Å². The molecule has 0 spiro atoms. The summed E-state index contributed by atoms with van der Waals surface area (Å²) in [4.78, 5) is 17.9. The molecule has 34 heavy (non-hydrogen) atoms. The Labute approximate surface area is 203 Å². The highest BCUT2D eigenvalue weighted by Gasteiger charge is 2.25. The molecule has 0 saturated heterocycles. The molecule has 0 amide bonds. The van der Waals surface area contributed by atoms with E-state index in [1.807, 2.05) is 37.3 Å². The highest BCUT2D eigenvalue weighted by Crippen LogP contribution is 2.19. The van der Waals surface area contributed by atoms with E-state index in [1.165, 1.54) is 12.8 Å². The molecule has 2 aromatic rings. The van der Waals surface area contributed by atoms with Crippen LogP contribution in [0.4, 0.5) is 0 Å². The minimum Gasteiger partial charge on any atom is -0.318 e. The average molecular weight is 485 g/mol. The van der Waals surface area contributed by atoms with Crippen molar-refractivity contribution in [2.24, 2.45) is 5.16 Å². The topological polar surface area (TPSA) is 84.8 Å². The van der Waals surface area contributed by atoms with Gasteiger partial charge in [0.1, 0.15) is 0 Å². The largest absolute Gasteiger partial charge is 0.339 e. The van der Waals surface area contributed by atoms with Crippen LogP contribution in [0.25, 0.3) is 0 Å². The number of hydrogen-bond donors (Lipinski definition) is 1. The third-order valence-corrected chi connectivity index (χ3v) is 7.65. The van der Waals surface area contributed by atoms with Gasteiger partial charge in [-0.2, -0.15) is 0 Å². The second-order valence-electron chi connectivity index (χ2n) is 9.06. The standard InChI is InChI=1S/C27H36N2O4S/c1-22-17-19-24(20-18-22)34(31,32)29-26-16-12-7-5-3-2-4-6-11-15-25(26)28-33-27(30)21-23-13-9-8-10-14-23/h8-10,13-14,17-20,26,29H,2-7,11-12,15-16,21H2,1H3/b28-25-. The molecule has 6 nitrogen and oxygen atoms in total. The Balaban J connectivity index is 1.78. The monoisotopic (exact) mass is 484 g/mol. The maximum Gasteiger partial charge on any atom is 0.339 e. The Morgan fingerprint density at radius 2 is 1.53 bits per heavy atom. The molecule has 0 radical (unpaired) electrons. The van der Waals surface area contributed by atoms with Gasteiger partial charge in [-0.3, -0.25) is 0 Å². The number of aryl methyl sites for hydroxylation is 1. The number of rotatable bonds is 6. The van der Waals surface area contributed by atoms with Crippen LogP contribution in [0.5, 0.6) is 0 Å². The molecule has 0 heterocycles. The van der Waals surface area contributed by atoms with Crippen LogP contribution in [0.15, 0.2) is 64.6 Å². The van der Waals surface area contributed by atoms with Crippen LogP contribution >= 0.6 is 0 Å². The van der Waals surface area contributed by atoms with Crippen molar-refractivity contribution in [2.75, 3.05) is 0 Å². The highest BCUT2D eigenvalue weighted by molar-refractivity contribution is 7.89. The lowest BCUT2D eigenvalue weighted by Gasteiger charge is -2.21. The van der Waals surface area contributed by atoms with Gasteiger partial charge in [0.2, 0.25) is 10.0 Å². The van der Waals surface area contributed by atoms with Crippen molar-refractivity contribution in [3.8, 4) is 0 Å². The van der Waals surface area contributed by atoms with Gasteiger partial charge in [0.15, 0.2) is 0 Å². The fraction of sp³-hybridized carbons (Fsp3) is 0.481. The minimum atomic E-state index is -3.73. The SMILES string of the molecule is Cc1ccc(S(=O)(=O)NC2CCCCCCCCCC/C2=N/OC(=O)Cc2ccccc2)cc1. The Bertz CT molecular complexity index is 1030. The van der Waals surface area contributed by atoms with E-state index in [0.717, 1.165) is 49.7 Å².